The van der Waals surface area contributed by atoms with Gasteiger partial charge in [0.1, 0.15) is 11.4 Å². The highest BCUT2D eigenvalue weighted by atomic mass is 79.9. The van der Waals surface area contributed by atoms with E-state index < -0.39 is 10.8 Å². The Morgan fingerprint density at radius 3 is 2.43 bits per heavy atom. The number of methoxy groups -OCH3 is 1. The van der Waals surface area contributed by atoms with Gasteiger partial charge in [0.05, 0.1) is 17.6 Å². The Morgan fingerprint density at radius 1 is 1.26 bits per heavy atom. The maximum Gasteiger partial charge on any atom is 0.293 e. The number of nitrogens with zero attached hydrogens (tertiary/aromatic N) is 1. The van der Waals surface area contributed by atoms with Crippen LogP contribution >= 0.6 is 15.9 Å². The Labute approximate surface area is 140 Å². The number of anilines is 2. The number of carbonyl (C=O) groups is 1. The summed E-state index contributed by atoms with van der Waals surface area (Å²) in [7, 11) is 2.96. The molecule has 0 spiro atoms. The number of nitrogens with one attached hydrogen (secondary N) is 2. The fraction of sp³-hybridized carbons (Fsp3) is 0.133. The standard InChI is InChI=1S/C15H14BrN3O4/c1-17-12-8-14(23-2)11(7-13(12)19(21)22)15(20)18-10-5-3-9(16)4-6-10/h3-8,17H,1-2H3,(H,18,20). The number of carbonyl (C=O) groups excluding carboxylic acids is 1. The van der Waals surface area contributed by atoms with E-state index in [4.69, 9.17) is 4.74 Å². The molecular weight excluding hydrogens is 366 g/mol. The molecule has 0 aromatic heterocycles. The van der Waals surface area contributed by atoms with Crippen molar-refractivity contribution in [3.8, 4) is 5.75 Å². The summed E-state index contributed by atoms with van der Waals surface area (Å²) in [5.41, 5.74) is 0.725. The van der Waals surface area contributed by atoms with Crippen molar-refractivity contribution in [1.82, 2.24) is 0 Å². The zero-order valence-electron chi connectivity index (χ0n) is 12.4. The molecule has 0 radical (unpaired) electrons. The molecule has 0 saturated carbocycles. The third-order valence-corrected chi connectivity index (χ3v) is 3.66. The molecule has 0 bridgehead atoms. The second-order valence-electron chi connectivity index (χ2n) is 4.54. The van der Waals surface area contributed by atoms with Crippen LogP contribution in [0.4, 0.5) is 17.1 Å². The first-order chi connectivity index (χ1) is 11.0. The number of hydrogen-bond acceptors (Lipinski definition) is 5. The maximum atomic E-state index is 12.4. The van der Waals surface area contributed by atoms with Crippen LogP contribution in [0.2, 0.25) is 0 Å². The largest absolute Gasteiger partial charge is 0.496 e. The van der Waals surface area contributed by atoms with Gasteiger partial charge in [-0.05, 0) is 24.3 Å². The van der Waals surface area contributed by atoms with E-state index in [1.807, 2.05) is 0 Å². The highest BCUT2D eigenvalue weighted by Gasteiger charge is 2.22. The SMILES string of the molecule is CNc1cc(OC)c(C(=O)Nc2ccc(Br)cc2)cc1[N+](=O)[O-]. The quantitative estimate of drug-likeness (QED) is 0.610. The molecule has 2 aromatic carbocycles. The van der Waals surface area contributed by atoms with Crippen molar-refractivity contribution in [3.63, 3.8) is 0 Å². The summed E-state index contributed by atoms with van der Waals surface area (Å²) in [6, 6.07) is 9.60. The lowest BCUT2D eigenvalue weighted by Gasteiger charge is -2.12. The van der Waals surface area contributed by atoms with Crippen LogP contribution in [0, 0.1) is 10.1 Å². The lowest BCUT2D eigenvalue weighted by molar-refractivity contribution is -0.384. The van der Waals surface area contributed by atoms with Gasteiger partial charge in [-0.1, -0.05) is 15.9 Å². The van der Waals surface area contributed by atoms with E-state index in [2.05, 4.69) is 26.6 Å². The number of hydrogen-bond donors (Lipinski definition) is 2. The highest BCUT2D eigenvalue weighted by Crippen LogP contribution is 2.33. The smallest absolute Gasteiger partial charge is 0.293 e. The van der Waals surface area contributed by atoms with Crippen LogP contribution < -0.4 is 15.4 Å². The van der Waals surface area contributed by atoms with Crippen molar-refractivity contribution in [3.05, 3.63) is 56.5 Å². The predicted octanol–water partition coefficient (Wildman–Crippen LogP) is 3.66. The molecular formula is C15H14BrN3O4. The van der Waals surface area contributed by atoms with Gasteiger partial charge < -0.3 is 15.4 Å². The van der Waals surface area contributed by atoms with E-state index in [1.165, 1.54) is 19.2 Å². The monoisotopic (exact) mass is 379 g/mol. The molecule has 2 rings (SSSR count). The van der Waals surface area contributed by atoms with Gasteiger partial charge in [0.25, 0.3) is 11.6 Å². The fourth-order valence-corrected chi connectivity index (χ4v) is 2.26. The molecule has 0 aliphatic heterocycles. The van der Waals surface area contributed by atoms with E-state index in [0.717, 1.165) is 4.47 Å². The molecule has 0 aliphatic carbocycles. The molecule has 0 fully saturated rings. The summed E-state index contributed by atoms with van der Waals surface area (Å²) in [6.45, 7) is 0. The van der Waals surface area contributed by atoms with Gasteiger partial charge in [-0.3, -0.25) is 14.9 Å². The Hall–Kier alpha value is -2.61. The molecule has 1 amide bonds. The predicted molar refractivity (Wildman–Crippen MR) is 91.3 cm³/mol. The minimum absolute atomic E-state index is 0.0844. The number of nitro groups is 1. The summed E-state index contributed by atoms with van der Waals surface area (Å²) in [6.07, 6.45) is 0. The second kappa shape index (κ2) is 7.10. The Balaban J connectivity index is 2.40. The van der Waals surface area contributed by atoms with E-state index in [-0.39, 0.29) is 22.7 Å². The van der Waals surface area contributed by atoms with Crippen molar-refractivity contribution < 1.29 is 14.5 Å². The van der Waals surface area contributed by atoms with Crippen LogP contribution in [0.3, 0.4) is 0 Å². The summed E-state index contributed by atoms with van der Waals surface area (Å²) in [5, 5.41) is 16.5. The lowest BCUT2D eigenvalue weighted by Crippen LogP contribution is -2.14. The number of amides is 1. The van der Waals surface area contributed by atoms with Crippen LogP contribution in [0.5, 0.6) is 5.75 Å². The number of ether oxygens (including phenoxy) is 1. The first-order valence-electron chi connectivity index (χ1n) is 6.57. The molecule has 23 heavy (non-hydrogen) atoms. The van der Waals surface area contributed by atoms with E-state index in [0.29, 0.717) is 5.69 Å². The van der Waals surface area contributed by atoms with Crippen molar-refractivity contribution >= 4 is 38.9 Å². The van der Waals surface area contributed by atoms with Gasteiger partial charge in [0.15, 0.2) is 0 Å². The normalized spacial score (nSPS) is 10.0. The molecule has 120 valence electrons. The van der Waals surface area contributed by atoms with Crippen molar-refractivity contribution in [2.24, 2.45) is 0 Å². The fourth-order valence-electron chi connectivity index (χ4n) is 2.00. The summed E-state index contributed by atoms with van der Waals surface area (Å²) >= 11 is 3.31. The topological polar surface area (TPSA) is 93.5 Å². The zero-order chi connectivity index (χ0) is 17.0. The Morgan fingerprint density at radius 2 is 1.91 bits per heavy atom. The van der Waals surface area contributed by atoms with E-state index in [1.54, 1.807) is 31.3 Å². The van der Waals surface area contributed by atoms with Crippen molar-refractivity contribution in [2.45, 2.75) is 0 Å². The van der Waals surface area contributed by atoms with Crippen molar-refractivity contribution in [2.75, 3.05) is 24.8 Å². The molecule has 7 nitrogen and oxygen atoms in total. The minimum Gasteiger partial charge on any atom is -0.496 e. The molecule has 0 unspecified atom stereocenters. The van der Waals surface area contributed by atoms with Gasteiger partial charge in [0.2, 0.25) is 0 Å². The van der Waals surface area contributed by atoms with Gasteiger partial charge in [-0.15, -0.1) is 0 Å². The zero-order valence-corrected chi connectivity index (χ0v) is 14.0. The molecule has 0 atom stereocenters. The number of benzene rings is 2. The van der Waals surface area contributed by atoms with Crippen LogP contribution in [0.25, 0.3) is 0 Å². The third-order valence-electron chi connectivity index (χ3n) is 3.13. The van der Waals surface area contributed by atoms with Crippen LogP contribution in [-0.4, -0.2) is 25.0 Å². The van der Waals surface area contributed by atoms with Gasteiger partial charge in [0, 0.05) is 29.3 Å². The van der Waals surface area contributed by atoms with E-state index in [9.17, 15) is 14.9 Å². The Bertz CT molecular complexity index is 747. The molecule has 8 heteroatoms. The van der Waals surface area contributed by atoms with Crippen LogP contribution in [0.1, 0.15) is 10.4 Å². The number of halogens is 1. The van der Waals surface area contributed by atoms with Gasteiger partial charge in [-0.2, -0.15) is 0 Å². The summed E-state index contributed by atoms with van der Waals surface area (Å²) in [4.78, 5) is 23.0. The summed E-state index contributed by atoms with van der Waals surface area (Å²) < 4.78 is 6.05. The average molecular weight is 380 g/mol. The lowest BCUT2D eigenvalue weighted by atomic mass is 10.1. The van der Waals surface area contributed by atoms with E-state index >= 15 is 0 Å². The van der Waals surface area contributed by atoms with Crippen molar-refractivity contribution in [1.29, 1.82) is 0 Å². The number of nitro benzene ring substituents is 1. The van der Waals surface area contributed by atoms with Crippen LogP contribution in [0.15, 0.2) is 40.9 Å². The highest BCUT2D eigenvalue weighted by molar-refractivity contribution is 9.10. The maximum absolute atomic E-state index is 12.4. The molecule has 2 N–H and O–H groups in total. The molecule has 0 saturated heterocycles. The third kappa shape index (κ3) is 3.78. The second-order valence-corrected chi connectivity index (χ2v) is 5.45. The molecule has 0 heterocycles. The average Bonchev–Trinajstić information content (AvgIpc) is 2.55. The molecule has 2 aromatic rings. The minimum atomic E-state index is -0.554. The summed E-state index contributed by atoms with van der Waals surface area (Å²) in [5.74, 6) is -0.246. The number of rotatable bonds is 5. The van der Waals surface area contributed by atoms with Crippen LogP contribution in [-0.2, 0) is 0 Å². The Kier molecular flexibility index (Phi) is 5.17. The van der Waals surface area contributed by atoms with Gasteiger partial charge >= 0.3 is 0 Å². The molecule has 0 aliphatic rings. The first kappa shape index (κ1) is 16.8. The van der Waals surface area contributed by atoms with Gasteiger partial charge in [-0.25, -0.2) is 0 Å². The first-order valence-corrected chi connectivity index (χ1v) is 7.36.